The fourth-order valence-corrected chi connectivity index (χ4v) is 2.93. The molecule has 124 valence electrons. The van der Waals surface area contributed by atoms with E-state index in [2.05, 4.69) is 0 Å². The fraction of sp³-hybridized carbons (Fsp3) is 0.0526. The number of phenolic OH excluding ortho intramolecular Hbond substituents is 1. The molecule has 6 heteroatoms. The first kappa shape index (κ1) is 15.0. The Labute approximate surface area is 140 Å². The first-order valence-electron chi connectivity index (χ1n) is 7.50. The van der Waals surface area contributed by atoms with Crippen molar-refractivity contribution in [1.29, 1.82) is 0 Å². The van der Waals surface area contributed by atoms with E-state index in [1.165, 1.54) is 12.1 Å². The van der Waals surface area contributed by atoms with Gasteiger partial charge in [-0.15, -0.1) is 0 Å². The van der Waals surface area contributed by atoms with Gasteiger partial charge in [-0.3, -0.25) is 4.79 Å². The van der Waals surface area contributed by atoms with E-state index in [-0.39, 0.29) is 27.9 Å². The molecule has 6 nitrogen and oxygen atoms in total. The number of benzene rings is 3. The molecule has 0 aliphatic rings. The molecule has 1 heterocycles. The highest BCUT2D eigenvalue weighted by atomic mass is 16.5. The van der Waals surface area contributed by atoms with E-state index in [9.17, 15) is 14.7 Å². The summed E-state index contributed by atoms with van der Waals surface area (Å²) in [5, 5.41) is 21.0. The summed E-state index contributed by atoms with van der Waals surface area (Å²) >= 11 is 0. The second kappa shape index (κ2) is 5.52. The van der Waals surface area contributed by atoms with Crippen molar-refractivity contribution in [1.82, 2.24) is 0 Å². The number of carbonyl (C=O) groups is 1. The molecule has 0 spiro atoms. The number of phenols is 1. The van der Waals surface area contributed by atoms with Crippen LogP contribution in [0.4, 0.5) is 0 Å². The summed E-state index contributed by atoms with van der Waals surface area (Å²) in [5.41, 5.74) is 0.162. The predicted octanol–water partition coefficient (Wildman–Crippen LogP) is 3.27. The van der Waals surface area contributed by atoms with Crippen molar-refractivity contribution in [2.45, 2.75) is 0 Å². The highest BCUT2D eigenvalue weighted by molar-refractivity contribution is 6.08. The van der Waals surface area contributed by atoms with Gasteiger partial charge in [0.15, 0.2) is 6.61 Å². The molecule has 0 saturated carbocycles. The Morgan fingerprint density at radius 2 is 1.84 bits per heavy atom. The monoisotopic (exact) mass is 336 g/mol. The Morgan fingerprint density at radius 1 is 1.04 bits per heavy atom. The molecule has 3 aromatic carbocycles. The fourth-order valence-electron chi connectivity index (χ4n) is 2.93. The third kappa shape index (κ3) is 2.44. The maximum Gasteiger partial charge on any atom is 0.341 e. The maximum atomic E-state index is 12.9. The van der Waals surface area contributed by atoms with E-state index < -0.39 is 12.6 Å². The molecule has 4 rings (SSSR count). The van der Waals surface area contributed by atoms with Crippen LogP contribution in [-0.2, 0) is 4.79 Å². The largest absolute Gasteiger partial charge is 0.507 e. The average molecular weight is 336 g/mol. The molecule has 0 aliphatic heterocycles. The van der Waals surface area contributed by atoms with Crippen LogP contribution in [0, 0.1) is 0 Å². The Bertz CT molecular complexity index is 1210. The van der Waals surface area contributed by atoms with E-state index in [1.54, 1.807) is 6.07 Å². The highest BCUT2D eigenvalue weighted by Crippen LogP contribution is 2.32. The van der Waals surface area contributed by atoms with Crippen LogP contribution in [0.3, 0.4) is 0 Å². The van der Waals surface area contributed by atoms with Crippen molar-refractivity contribution >= 4 is 38.7 Å². The van der Waals surface area contributed by atoms with Crippen LogP contribution in [0.25, 0.3) is 32.7 Å². The van der Waals surface area contributed by atoms with Crippen LogP contribution in [0.5, 0.6) is 11.5 Å². The smallest absolute Gasteiger partial charge is 0.341 e. The van der Waals surface area contributed by atoms with Crippen LogP contribution >= 0.6 is 0 Å². The zero-order valence-electron chi connectivity index (χ0n) is 12.9. The molecule has 0 amide bonds. The molecule has 0 saturated heterocycles. The minimum absolute atomic E-state index is 0.0338. The number of fused-ring (bicyclic) bond motifs is 4. The number of hydrogen-bond acceptors (Lipinski definition) is 5. The Balaban J connectivity index is 2.04. The quantitative estimate of drug-likeness (QED) is 0.440. The van der Waals surface area contributed by atoms with E-state index in [0.717, 1.165) is 10.8 Å². The summed E-state index contributed by atoms with van der Waals surface area (Å²) in [4.78, 5) is 23.6. The average Bonchev–Trinajstić information content (AvgIpc) is 2.59. The molecule has 1 aromatic heterocycles. The molecule has 0 fully saturated rings. The molecular weight excluding hydrogens is 324 g/mol. The number of ether oxygens (including phenoxy) is 1. The van der Waals surface area contributed by atoms with Gasteiger partial charge < -0.3 is 19.4 Å². The number of hydrogen-bond donors (Lipinski definition) is 2. The van der Waals surface area contributed by atoms with Gasteiger partial charge in [0.2, 0.25) is 5.43 Å². The Kier molecular flexibility index (Phi) is 3.32. The number of carboxylic acids is 1. The first-order chi connectivity index (χ1) is 12.0. The SMILES string of the molecule is O=C(O)COc1cc(O)c2c(=O)c3c(ccc4ccccc43)oc2c1. The van der Waals surface area contributed by atoms with E-state index >= 15 is 0 Å². The first-order valence-corrected chi connectivity index (χ1v) is 7.50. The van der Waals surface area contributed by atoms with Crippen LogP contribution in [0.1, 0.15) is 0 Å². The van der Waals surface area contributed by atoms with E-state index in [4.69, 9.17) is 14.3 Å². The van der Waals surface area contributed by atoms with Crippen LogP contribution in [-0.4, -0.2) is 22.8 Å². The van der Waals surface area contributed by atoms with Crippen molar-refractivity contribution in [2.24, 2.45) is 0 Å². The lowest BCUT2D eigenvalue weighted by atomic mass is 10.0. The molecule has 4 aromatic rings. The minimum Gasteiger partial charge on any atom is -0.507 e. The molecule has 0 radical (unpaired) electrons. The molecule has 25 heavy (non-hydrogen) atoms. The van der Waals surface area contributed by atoms with Crippen molar-refractivity contribution in [3.63, 3.8) is 0 Å². The molecule has 0 aliphatic carbocycles. The lowest BCUT2D eigenvalue weighted by molar-refractivity contribution is -0.139. The van der Waals surface area contributed by atoms with Gasteiger partial charge in [0, 0.05) is 12.1 Å². The van der Waals surface area contributed by atoms with Crippen molar-refractivity contribution in [3.05, 3.63) is 58.8 Å². The maximum absolute atomic E-state index is 12.9. The van der Waals surface area contributed by atoms with Gasteiger partial charge in [-0.25, -0.2) is 4.79 Å². The normalized spacial score (nSPS) is 11.2. The number of rotatable bonds is 3. The lowest BCUT2D eigenvalue weighted by Crippen LogP contribution is -2.09. The summed E-state index contributed by atoms with van der Waals surface area (Å²) < 4.78 is 10.8. The predicted molar refractivity (Wildman–Crippen MR) is 92.3 cm³/mol. The molecule has 0 unspecified atom stereocenters. The standard InChI is InChI=1S/C19H12O6/c20-13-7-11(24-9-16(21)22)8-15-18(13)19(23)17-12-4-2-1-3-10(12)5-6-14(17)25-15/h1-8,20H,9H2,(H,21,22). The van der Waals surface area contributed by atoms with Crippen molar-refractivity contribution in [3.8, 4) is 11.5 Å². The third-order valence-electron chi connectivity index (χ3n) is 3.98. The second-order valence-electron chi connectivity index (χ2n) is 5.59. The number of carboxylic acid groups (broad SMARTS) is 1. The number of aliphatic carboxylic acids is 1. The van der Waals surface area contributed by atoms with Crippen LogP contribution in [0.2, 0.25) is 0 Å². The van der Waals surface area contributed by atoms with Gasteiger partial charge in [0.05, 0.1) is 5.39 Å². The molecular formula is C19H12O6. The van der Waals surface area contributed by atoms with Gasteiger partial charge >= 0.3 is 5.97 Å². The summed E-state index contributed by atoms with van der Waals surface area (Å²) in [5.74, 6) is -1.36. The third-order valence-corrected chi connectivity index (χ3v) is 3.98. The van der Waals surface area contributed by atoms with Gasteiger partial charge in [-0.2, -0.15) is 0 Å². The summed E-state index contributed by atoms with van der Waals surface area (Å²) in [6, 6.07) is 13.6. The summed E-state index contributed by atoms with van der Waals surface area (Å²) in [7, 11) is 0. The molecule has 0 bridgehead atoms. The van der Waals surface area contributed by atoms with E-state index in [1.807, 2.05) is 30.3 Å². The van der Waals surface area contributed by atoms with Crippen molar-refractivity contribution < 1.29 is 24.2 Å². The Morgan fingerprint density at radius 3 is 2.64 bits per heavy atom. The van der Waals surface area contributed by atoms with Crippen LogP contribution in [0.15, 0.2) is 57.7 Å². The van der Waals surface area contributed by atoms with Gasteiger partial charge in [0.1, 0.15) is 28.1 Å². The van der Waals surface area contributed by atoms with Gasteiger partial charge in [-0.05, 0) is 16.8 Å². The zero-order valence-corrected chi connectivity index (χ0v) is 12.9. The summed E-state index contributed by atoms with van der Waals surface area (Å²) in [6.45, 7) is -0.562. The topological polar surface area (TPSA) is 97.0 Å². The number of aromatic hydroxyl groups is 1. The molecule has 0 atom stereocenters. The Hall–Kier alpha value is -3.54. The second-order valence-corrected chi connectivity index (χ2v) is 5.59. The highest BCUT2D eigenvalue weighted by Gasteiger charge is 2.15. The zero-order chi connectivity index (χ0) is 17.6. The minimum atomic E-state index is -1.15. The van der Waals surface area contributed by atoms with Gasteiger partial charge in [0.25, 0.3) is 0 Å². The van der Waals surface area contributed by atoms with Crippen LogP contribution < -0.4 is 10.2 Å². The van der Waals surface area contributed by atoms with Gasteiger partial charge in [-0.1, -0.05) is 30.3 Å². The van der Waals surface area contributed by atoms with E-state index in [0.29, 0.717) is 11.0 Å². The van der Waals surface area contributed by atoms with Crippen molar-refractivity contribution in [2.75, 3.05) is 6.61 Å². The summed E-state index contributed by atoms with van der Waals surface area (Å²) in [6.07, 6.45) is 0. The lowest BCUT2D eigenvalue weighted by Gasteiger charge is -2.08. The molecule has 2 N–H and O–H groups in total.